The quantitative estimate of drug-likeness (QED) is 0.368. The standard InChI is InChI=1S/C13H16FN3O2/c1-13(2,11(15)16-19)12(18)17-6-5-8-3-4-9(14)7-10(8)17/h3-4,7,19H,5-6H2,1-2H3,(H2,15,16). The fourth-order valence-electron chi connectivity index (χ4n) is 2.14. The molecule has 1 aliphatic heterocycles. The molecule has 0 aromatic heterocycles. The van der Waals surface area contributed by atoms with Gasteiger partial charge < -0.3 is 15.8 Å². The number of carbonyl (C=O) groups is 1. The molecule has 0 spiro atoms. The first-order chi connectivity index (χ1) is 8.87. The van der Waals surface area contributed by atoms with Crippen LogP contribution >= 0.6 is 0 Å². The van der Waals surface area contributed by atoms with Crippen LogP contribution in [0.4, 0.5) is 10.1 Å². The molecule has 0 saturated heterocycles. The van der Waals surface area contributed by atoms with Gasteiger partial charge in [0.15, 0.2) is 5.84 Å². The molecule has 3 N–H and O–H groups in total. The number of anilines is 1. The molecular weight excluding hydrogens is 249 g/mol. The van der Waals surface area contributed by atoms with Gasteiger partial charge in [0.05, 0.1) is 0 Å². The maximum Gasteiger partial charge on any atom is 0.240 e. The Morgan fingerprint density at radius 3 is 2.84 bits per heavy atom. The molecule has 0 bridgehead atoms. The lowest BCUT2D eigenvalue weighted by Crippen LogP contribution is -2.47. The molecule has 0 radical (unpaired) electrons. The van der Waals surface area contributed by atoms with Crippen molar-refractivity contribution in [3.63, 3.8) is 0 Å². The minimum absolute atomic E-state index is 0.164. The number of oxime groups is 1. The first kappa shape index (κ1) is 13.3. The van der Waals surface area contributed by atoms with E-state index in [1.54, 1.807) is 19.9 Å². The van der Waals surface area contributed by atoms with Crippen LogP contribution in [-0.4, -0.2) is 23.5 Å². The lowest BCUT2D eigenvalue weighted by molar-refractivity contribution is -0.123. The largest absolute Gasteiger partial charge is 0.409 e. The normalized spacial score (nSPS) is 15.5. The van der Waals surface area contributed by atoms with Crippen molar-refractivity contribution < 1.29 is 14.4 Å². The molecule has 102 valence electrons. The Bertz CT molecular complexity index is 555. The first-order valence-corrected chi connectivity index (χ1v) is 5.96. The number of hydrogen-bond donors (Lipinski definition) is 2. The molecule has 1 aliphatic rings. The fourth-order valence-corrected chi connectivity index (χ4v) is 2.14. The number of nitrogens with zero attached hydrogens (tertiary/aromatic N) is 2. The number of carbonyl (C=O) groups excluding carboxylic acids is 1. The zero-order chi connectivity index (χ0) is 14.2. The summed E-state index contributed by atoms with van der Waals surface area (Å²) in [4.78, 5) is 14.0. The van der Waals surface area contributed by atoms with Gasteiger partial charge in [0.1, 0.15) is 11.2 Å². The zero-order valence-electron chi connectivity index (χ0n) is 10.9. The van der Waals surface area contributed by atoms with Gasteiger partial charge in [0.25, 0.3) is 0 Å². The van der Waals surface area contributed by atoms with Crippen LogP contribution < -0.4 is 10.6 Å². The molecule has 1 amide bonds. The van der Waals surface area contributed by atoms with Crippen LogP contribution in [0, 0.1) is 11.2 Å². The minimum Gasteiger partial charge on any atom is -0.409 e. The van der Waals surface area contributed by atoms with Crippen molar-refractivity contribution in [2.45, 2.75) is 20.3 Å². The summed E-state index contributed by atoms with van der Waals surface area (Å²) in [5.41, 5.74) is 5.89. The van der Waals surface area contributed by atoms with E-state index in [0.717, 1.165) is 5.56 Å². The summed E-state index contributed by atoms with van der Waals surface area (Å²) in [5.74, 6) is -0.866. The van der Waals surface area contributed by atoms with Crippen molar-refractivity contribution in [2.75, 3.05) is 11.4 Å². The fraction of sp³-hybridized carbons (Fsp3) is 0.385. The SMILES string of the molecule is CC(C)(C(=O)N1CCc2ccc(F)cc21)/C(N)=N/O. The maximum atomic E-state index is 13.3. The van der Waals surface area contributed by atoms with Crippen LogP contribution in [0.15, 0.2) is 23.4 Å². The summed E-state index contributed by atoms with van der Waals surface area (Å²) in [7, 11) is 0. The Balaban J connectivity index is 2.36. The second kappa shape index (κ2) is 4.53. The Labute approximate surface area is 110 Å². The lowest BCUT2D eigenvalue weighted by atomic mass is 9.90. The molecule has 0 atom stereocenters. The Kier molecular flexibility index (Phi) is 3.18. The molecular formula is C13H16FN3O2. The van der Waals surface area contributed by atoms with Crippen LogP contribution in [0.25, 0.3) is 0 Å². The highest BCUT2D eigenvalue weighted by atomic mass is 19.1. The predicted molar refractivity (Wildman–Crippen MR) is 69.6 cm³/mol. The summed E-state index contributed by atoms with van der Waals surface area (Å²) in [6, 6.07) is 4.39. The van der Waals surface area contributed by atoms with E-state index in [4.69, 9.17) is 10.9 Å². The highest BCUT2D eigenvalue weighted by Crippen LogP contribution is 2.32. The average molecular weight is 265 g/mol. The van der Waals surface area contributed by atoms with Gasteiger partial charge in [-0.25, -0.2) is 4.39 Å². The highest BCUT2D eigenvalue weighted by Gasteiger charge is 2.39. The molecule has 2 rings (SSSR count). The van der Waals surface area contributed by atoms with Crippen molar-refractivity contribution in [1.82, 2.24) is 0 Å². The van der Waals surface area contributed by atoms with Crippen LogP contribution in [0.1, 0.15) is 19.4 Å². The molecule has 1 aromatic rings. The summed E-state index contributed by atoms with van der Waals surface area (Å²) < 4.78 is 13.3. The first-order valence-electron chi connectivity index (χ1n) is 5.96. The molecule has 1 heterocycles. The number of rotatable bonds is 2. The van der Waals surface area contributed by atoms with E-state index in [1.165, 1.54) is 17.0 Å². The van der Waals surface area contributed by atoms with E-state index >= 15 is 0 Å². The van der Waals surface area contributed by atoms with E-state index in [-0.39, 0.29) is 17.6 Å². The molecule has 19 heavy (non-hydrogen) atoms. The molecule has 1 aromatic carbocycles. The van der Waals surface area contributed by atoms with E-state index in [0.29, 0.717) is 18.7 Å². The average Bonchev–Trinajstić information content (AvgIpc) is 2.79. The van der Waals surface area contributed by atoms with Gasteiger partial charge in [-0.1, -0.05) is 11.2 Å². The molecule has 6 heteroatoms. The lowest BCUT2D eigenvalue weighted by Gasteiger charge is -2.28. The van der Waals surface area contributed by atoms with Crippen LogP contribution in [0.2, 0.25) is 0 Å². The number of hydrogen-bond acceptors (Lipinski definition) is 3. The smallest absolute Gasteiger partial charge is 0.240 e. The summed E-state index contributed by atoms with van der Waals surface area (Å²) >= 11 is 0. The monoisotopic (exact) mass is 265 g/mol. The zero-order valence-corrected chi connectivity index (χ0v) is 10.9. The molecule has 0 fully saturated rings. The molecule has 0 unspecified atom stereocenters. The van der Waals surface area contributed by atoms with Gasteiger partial charge in [-0.2, -0.15) is 0 Å². The summed E-state index contributed by atoms with van der Waals surface area (Å²) in [5, 5.41) is 11.6. The third-order valence-corrected chi connectivity index (χ3v) is 3.47. The Hall–Kier alpha value is -2.11. The van der Waals surface area contributed by atoms with Gasteiger partial charge >= 0.3 is 0 Å². The van der Waals surface area contributed by atoms with Crippen molar-refractivity contribution in [2.24, 2.45) is 16.3 Å². The van der Waals surface area contributed by atoms with Crippen molar-refractivity contribution >= 4 is 17.4 Å². The number of amidine groups is 1. The van der Waals surface area contributed by atoms with Crippen molar-refractivity contribution in [1.29, 1.82) is 0 Å². The van der Waals surface area contributed by atoms with E-state index in [1.807, 2.05) is 0 Å². The van der Waals surface area contributed by atoms with Gasteiger partial charge in [0.2, 0.25) is 5.91 Å². The van der Waals surface area contributed by atoms with Gasteiger partial charge in [-0.15, -0.1) is 0 Å². The van der Waals surface area contributed by atoms with Crippen LogP contribution in [-0.2, 0) is 11.2 Å². The Morgan fingerprint density at radius 1 is 1.53 bits per heavy atom. The third-order valence-electron chi connectivity index (χ3n) is 3.47. The Morgan fingerprint density at radius 2 is 2.21 bits per heavy atom. The third kappa shape index (κ3) is 2.14. The van der Waals surface area contributed by atoms with E-state index in [2.05, 4.69) is 5.16 Å². The van der Waals surface area contributed by atoms with Gasteiger partial charge in [0, 0.05) is 12.2 Å². The summed E-state index contributed by atoms with van der Waals surface area (Å²) in [6.07, 6.45) is 0.674. The van der Waals surface area contributed by atoms with Crippen molar-refractivity contribution in [3.05, 3.63) is 29.6 Å². The number of halogens is 1. The van der Waals surface area contributed by atoms with Gasteiger partial charge in [-0.05, 0) is 38.0 Å². The highest BCUT2D eigenvalue weighted by molar-refractivity contribution is 6.12. The molecule has 0 saturated carbocycles. The molecule has 5 nitrogen and oxygen atoms in total. The number of amides is 1. The second-order valence-electron chi connectivity index (χ2n) is 5.09. The predicted octanol–water partition coefficient (Wildman–Crippen LogP) is 1.49. The van der Waals surface area contributed by atoms with E-state index in [9.17, 15) is 9.18 Å². The maximum absolute atomic E-state index is 13.3. The van der Waals surface area contributed by atoms with E-state index < -0.39 is 5.41 Å². The second-order valence-corrected chi connectivity index (χ2v) is 5.09. The van der Waals surface area contributed by atoms with Crippen LogP contribution in [0.5, 0.6) is 0 Å². The summed E-state index contributed by atoms with van der Waals surface area (Å²) in [6.45, 7) is 3.61. The number of nitrogens with two attached hydrogens (primary N) is 1. The minimum atomic E-state index is -1.14. The topological polar surface area (TPSA) is 78.9 Å². The van der Waals surface area contributed by atoms with Gasteiger partial charge in [-0.3, -0.25) is 4.79 Å². The molecule has 0 aliphatic carbocycles. The number of benzene rings is 1. The van der Waals surface area contributed by atoms with Crippen molar-refractivity contribution in [3.8, 4) is 0 Å². The number of fused-ring (bicyclic) bond motifs is 1. The van der Waals surface area contributed by atoms with Crippen LogP contribution in [0.3, 0.4) is 0 Å².